The first-order valence-corrected chi connectivity index (χ1v) is 15.8. The van der Waals surface area contributed by atoms with E-state index in [0.29, 0.717) is 11.8 Å². The zero-order valence-corrected chi connectivity index (χ0v) is 25.5. The second-order valence-corrected chi connectivity index (χ2v) is 13.3. The molecule has 1 nitrogen and oxygen atoms in total. The van der Waals surface area contributed by atoms with Gasteiger partial charge in [-0.15, -0.1) is 0 Å². The minimum absolute atomic E-state index is 0.260. The first-order valence-electron chi connectivity index (χ1n) is 15.8. The third-order valence-corrected chi connectivity index (χ3v) is 10.3. The van der Waals surface area contributed by atoms with Crippen molar-refractivity contribution in [1.29, 1.82) is 0 Å². The van der Waals surface area contributed by atoms with Gasteiger partial charge in [-0.05, 0) is 103 Å². The molecule has 0 amide bonds. The van der Waals surface area contributed by atoms with Crippen LogP contribution in [-0.2, 0) is 0 Å². The van der Waals surface area contributed by atoms with Crippen LogP contribution in [0.4, 0.5) is 17.1 Å². The van der Waals surface area contributed by atoms with E-state index in [9.17, 15) is 0 Å². The number of para-hydroxylation sites is 1. The Bertz CT molecular complexity index is 2270. The van der Waals surface area contributed by atoms with E-state index in [1.807, 2.05) is 0 Å². The minimum atomic E-state index is 0.260. The maximum atomic E-state index is 2.59. The molecule has 7 aromatic rings. The van der Waals surface area contributed by atoms with Crippen LogP contribution in [-0.4, -0.2) is 6.71 Å². The van der Waals surface area contributed by atoms with Crippen molar-refractivity contribution in [3.63, 3.8) is 0 Å². The summed E-state index contributed by atoms with van der Waals surface area (Å²) < 4.78 is 0. The van der Waals surface area contributed by atoms with Gasteiger partial charge in [-0.1, -0.05) is 118 Å². The van der Waals surface area contributed by atoms with Gasteiger partial charge in [0.15, 0.2) is 0 Å². The summed E-state index contributed by atoms with van der Waals surface area (Å²) in [6.45, 7) is 11.9. The highest BCUT2D eigenvalue weighted by Crippen LogP contribution is 2.49. The van der Waals surface area contributed by atoms with E-state index >= 15 is 0 Å². The lowest BCUT2D eigenvalue weighted by atomic mass is 9.37. The number of hydrogen-bond donors (Lipinski definition) is 0. The monoisotopic (exact) mass is 551 g/mol. The predicted octanol–water partition coefficient (Wildman–Crippen LogP) is 9.42. The van der Waals surface area contributed by atoms with Crippen LogP contribution in [0.15, 0.2) is 103 Å². The standard InChI is InChI=1S/C41H34BN/c1-23(2)32-21-25(5)26-17-18-29-33(24(3)4)22-38(31-20-19-28(32)39(26)40(29)31)43-36-15-9-8-14-35(36)42-34-13-7-6-11-27(34)30-12-10-16-37(43)41(30)42/h6-24H,1-5H3. The first kappa shape index (κ1) is 25.0. The van der Waals surface area contributed by atoms with Crippen LogP contribution in [0.1, 0.15) is 56.2 Å². The first-order chi connectivity index (χ1) is 20.9. The number of hydrogen-bond acceptors (Lipinski definition) is 1. The molecular formula is C41H34BN. The maximum Gasteiger partial charge on any atom is 0.248 e. The Labute approximate surface area is 254 Å². The van der Waals surface area contributed by atoms with Gasteiger partial charge in [0.2, 0.25) is 6.71 Å². The fourth-order valence-electron chi connectivity index (χ4n) is 8.43. The van der Waals surface area contributed by atoms with Crippen LogP contribution >= 0.6 is 0 Å². The molecule has 9 rings (SSSR count). The summed E-state index contributed by atoms with van der Waals surface area (Å²) >= 11 is 0. The van der Waals surface area contributed by atoms with Crippen molar-refractivity contribution in [1.82, 2.24) is 0 Å². The topological polar surface area (TPSA) is 3.24 Å². The van der Waals surface area contributed by atoms with Crippen LogP contribution in [0, 0.1) is 6.92 Å². The molecule has 206 valence electrons. The normalized spacial score (nSPS) is 13.6. The molecular weight excluding hydrogens is 517 g/mol. The molecule has 0 fully saturated rings. The van der Waals surface area contributed by atoms with Gasteiger partial charge in [0.25, 0.3) is 0 Å². The number of aryl methyl sites for hydroxylation is 1. The third kappa shape index (κ3) is 3.19. The van der Waals surface area contributed by atoms with E-state index in [1.165, 1.54) is 93.6 Å². The van der Waals surface area contributed by atoms with Gasteiger partial charge >= 0.3 is 0 Å². The Morgan fingerprint density at radius 2 is 1.09 bits per heavy atom. The van der Waals surface area contributed by atoms with Gasteiger partial charge in [-0.25, -0.2) is 0 Å². The molecule has 0 radical (unpaired) electrons. The molecule has 0 unspecified atom stereocenters. The Morgan fingerprint density at radius 1 is 0.512 bits per heavy atom. The smallest absolute Gasteiger partial charge is 0.248 e. The Balaban J connectivity index is 1.44. The van der Waals surface area contributed by atoms with Crippen molar-refractivity contribution in [2.75, 3.05) is 4.90 Å². The van der Waals surface area contributed by atoms with Crippen molar-refractivity contribution in [2.24, 2.45) is 0 Å². The van der Waals surface area contributed by atoms with Crippen molar-refractivity contribution in [2.45, 2.75) is 46.5 Å². The summed E-state index contributed by atoms with van der Waals surface area (Å²) in [5.41, 5.74) is 15.1. The average Bonchev–Trinajstić information content (AvgIpc) is 3.36. The Kier molecular flexibility index (Phi) is 5.08. The van der Waals surface area contributed by atoms with Crippen LogP contribution in [0.25, 0.3) is 43.4 Å². The summed E-state index contributed by atoms with van der Waals surface area (Å²) in [6, 6.07) is 39.6. The van der Waals surface area contributed by atoms with E-state index in [4.69, 9.17) is 0 Å². The van der Waals surface area contributed by atoms with Crippen molar-refractivity contribution in [3.05, 3.63) is 120 Å². The SMILES string of the molecule is Cc1cc(C(C)C)c2ccc3c(N4c5ccccc5B5c6ccccc6-c6cccc4c65)cc(C(C)C)c4ccc1c2c43. The molecule has 7 aromatic carbocycles. The second-order valence-electron chi connectivity index (χ2n) is 13.3. The molecule has 0 spiro atoms. The average molecular weight is 552 g/mol. The van der Waals surface area contributed by atoms with E-state index < -0.39 is 0 Å². The summed E-state index contributed by atoms with van der Waals surface area (Å²) in [5, 5.41) is 8.34. The van der Waals surface area contributed by atoms with E-state index in [2.05, 4.69) is 143 Å². The highest BCUT2D eigenvalue weighted by atomic mass is 15.2. The molecule has 0 saturated carbocycles. The van der Waals surface area contributed by atoms with Gasteiger partial charge in [-0.2, -0.15) is 0 Å². The number of anilines is 3. The summed E-state index contributed by atoms with van der Waals surface area (Å²) in [7, 11) is 0. The van der Waals surface area contributed by atoms with E-state index in [1.54, 1.807) is 0 Å². The fourth-order valence-corrected chi connectivity index (χ4v) is 8.43. The van der Waals surface area contributed by atoms with Crippen molar-refractivity contribution in [3.8, 4) is 11.1 Å². The lowest BCUT2D eigenvalue weighted by Crippen LogP contribution is -2.54. The lowest BCUT2D eigenvalue weighted by Gasteiger charge is -2.37. The summed E-state index contributed by atoms with van der Waals surface area (Å²) in [6.07, 6.45) is 0. The summed E-state index contributed by atoms with van der Waals surface area (Å²) in [4.78, 5) is 2.59. The van der Waals surface area contributed by atoms with Gasteiger partial charge < -0.3 is 4.90 Å². The largest absolute Gasteiger partial charge is 0.311 e. The van der Waals surface area contributed by atoms with Crippen molar-refractivity contribution >= 4 is 72.5 Å². The van der Waals surface area contributed by atoms with Crippen LogP contribution in [0.5, 0.6) is 0 Å². The zero-order chi connectivity index (χ0) is 29.1. The van der Waals surface area contributed by atoms with Crippen LogP contribution in [0.2, 0.25) is 0 Å². The third-order valence-electron chi connectivity index (χ3n) is 10.3. The minimum Gasteiger partial charge on any atom is -0.311 e. The van der Waals surface area contributed by atoms with Gasteiger partial charge in [-0.3, -0.25) is 0 Å². The lowest BCUT2D eigenvalue weighted by molar-refractivity contribution is 0.875. The molecule has 2 aliphatic rings. The van der Waals surface area contributed by atoms with Gasteiger partial charge in [0.1, 0.15) is 0 Å². The molecule has 0 aromatic heterocycles. The molecule has 0 atom stereocenters. The summed E-state index contributed by atoms with van der Waals surface area (Å²) in [5.74, 6) is 0.860. The van der Waals surface area contributed by atoms with Crippen LogP contribution in [0.3, 0.4) is 0 Å². The highest BCUT2D eigenvalue weighted by Gasteiger charge is 2.42. The highest BCUT2D eigenvalue weighted by molar-refractivity contribution is 7.01. The Hall–Kier alpha value is -4.56. The van der Waals surface area contributed by atoms with Crippen molar-refractivity contribution < 1.29 is 0 Å². The second kappa shape index (κ2) is 8.74. The number of benzene rings is 7. The maximum absolute atomic E-state index is 2.59. The van der Waals surface area contributed by atoms with Crippen LogP contribution < -0.4 is 21.3 Å². The Morgan fingerprint density at radius 3 is 1.86 bits per heavy atom. The van der Waals surface area contributed by atoms with E-state index in [-0.39, 0.29) is 6.71 Å². The quantitative estimate of drug-likeness (QED) is 0.156. The number of fused-ring (bicyclic) bond motifs is 5. The molecule has 0 N–H and O–H groups in total. The molecule has 0 saturated heterocycles. The molecule has 2 aliphatic heterocycles. The molecule has 43 heavy (non-hydrogen) atoms. The molecule has 2 heteroatoms. The van der Waals surface area contributed by atoms with Gasteiger partial charge in [0, 0.05) is 16.8 Å². The number of nitrogens with zero attached hydrogens (tertiary/aromatic N) is 1. The molecule has 0 aliphatic carbocycles. The van der Waals surface area contributed by atoms with E-state index in [0.717, 1.165) is 0 Å². The molecule has 2 heterocycles. The number of rotatable bonds is 3. The molecule has 0 bridgehead atoms. The fraction of sp³-hybridized carbons (Fsp3) is 0.171. The zero-order valence-electron chi connectivity index (χ0n) is 25.5. The van der Waals surface area contributed by atoms with Gasteiger partial charge in [0.05, 0.1) is 5.69 Å². The predicted molar refractivity (Wildman–Crippen MR) is 188 cm³/mol.